The molecule has 3 aromatic rings. The van der Waals surface area contributed by atoms with Gasteiger partial charge in [0.2, 0.25) is 5.91 Å². The predicted octanol–water partition coefficient (Wildman–Crippen LogP) is 1.80. The first-order valence-electron chi connectivity index (χ1n) is 8.79. The van der Waals surface area contributed by atoms with Crippen LogP contribution in [-0.2, 0) is 9.59 Å². The number of ether oxygens (including phenoxy) is 1. The van der Waals surface area contributed by atoms with Crippen LogP contribution in [0.3, 0.4) is 0 Å². The molecule has 2 amide bonds. The second kappa shape index (κ2) is 7.47. The molecule has 9 heteroatoms. The molecule has 0 saturated carbocycles. The topological polar surface area (TPSA) is 102 Å². The maximum absolute atomic E-state index is 12.9. The van der Waals surface area contributed by atoms with Gasteiger partial charge in [-0.1, -0.05) is 18.2 Å². The Morgan fingerprint density at radius 3 is 2.93 bits per heavy atom. The van der Waals surface area contributed by atoms with Crippen molar-refractivity contribution in [3.8, 4) is 11.4 Å². The third kappa shape index (κ3) is 3.54. The van der Waals surface area contributed by atoms with E-state index < -0.39 is 0 Å². The average Bonchev–Trinajstić information content (AvgIpc) is 3.19. The van der Waals surface area contributed by atoms with Crippen molar-refractivity contribution in [3.63, 3.8) is 0 Å². The predicted molar refractivity (Wildman–Crippen MR) is 101 cm³/mol. The van der Waals surface area contributed by atoms with E-state index in [1.807, 2.05) is 31.2 Å². The highest BCUT2D eigenvalue weighted by atomic mass is 16.5. The molecule has 0 aliphatic carbocycles. The maximum atomic E-state index is 12.9. The highest BCUT2D eigenvalue weighted by Gasteiger charge is 2.29. The SMILES string of the molecule is CC1CC(=O)Nc2ccccc2N1C(=O)COc1cccc(-n2cnnn2)c1. The number of fused-ring (bicyclic) bond motifs is 1. The van der Waals surface area contributed by atoms with Crippen molar-refractivity contribution in [3.05, 3.63) is 54.9 Å². The van der Waals surface area contributed by atoms with Crippen LogP contribution in [-0.4, -0.2) is 44.7 Å². The lowest BCUT2D eigenvalue weighted by molar-refractivity contribution is -0.121. The van der Waals surface area contributed by atoms with E-state index in [9.17, 15) is 9.59 Å². The fourth-order valence-electron chi connectivity index (χ4n) is 3.18. The van der Waals surface area contributed by atoms with Gasteiger partial charge < -0.3 is 15.0 Å². The smallest absolute Gasteiger partial charge is 0.265 e. The van der Waals surface area contributed by atoms with Crippen LogP contribution >= 0.6 is 0 Å². The molecule has 0 radical (unpaired) electrons. The van der Waals surface area contributed by atoms with E-state index in [-0.39, 0.29) is 30.9 Å². The number of aromatic nitrogens is 4. The molecule has 1 aliphatic rings. The Hall–Kier alpha value is -3.75. The number of rotatable bonds is 4. The second-order valence-electron chi connectivity index (χ2n) is 6.42. The van der Waals surface area contributed by atoms with Gasteiger partial charge in [0.15, 0.2) is 6.61 Å². The van der Waals surface area contributed by atoms with Crippen molar-refractivity contribution in [1.29, 1.82) is 0 Å². The van der Waals surface area contributed by atoms with Crippen LogP contribution in [0.2, 0.25) is 0 Å². The van der Waals surface area contributed by atoms with E-state index in [4.69, 9.17) is 4.74 Å². The van der Waals surface area contributed by atoms with E-state index in [0.717, 1.165) is 5.69 Å². The highest BCUT2D eigenvalue weighted by molar-refractivity contribution is 6.04. The largest absolute Gasteiger partial charge is 0.484 e. The minimum Gasteiger partial charge on any atom is -0.484 e. The number of benzene rings is 2. The van der Waals surface area contributed by atoms with Crippen LogP contribution in [0, 0.1) is 0 Å². The molecule has 1 atom stereocenters. The van der Waals surface area contributed by atoms with Gasteiger partial charge in [-0.25, -0.2) is 4.68 Å². The fourth-order valence-corrected chi connectivity index (χ4v) is 3.18. The highest BCUT2D eigenvalue weighted by Crippen LogP contribution is 2.31. The quantitative estimate of drug-likeness (QED) is 0.743. The number of carbonyl (C=O) groups is 2. The summed E-state index contributed by atoms with van der Waals surface area (Å²) in [5.41, 5.74) is 2.00. The minimum atomic E-state index is -0.285. The zero-order valence-electron chi connectivity index (χ0n) is 15.1. The van der Waals surface area contributed by atoms with Crippen LogP contribution in [0.4, 0.5) is 11.4 Å². The van der Waals surface area contributed by atoms with Crippen molar-refractivity contribution in [2.75, 3.05) is 16.8 Å². The molecule has 2 aromatic carbocycles. The average molecular weight is 378 g/mol. The number of hydrogen-bond acceptors (Lipinski definition) is 6. The van der Waals surface area contributed by atoms with Gasteiger partial charge in [-0.3, -0.25) is 9.59 Å². The Morgan fingerprint density at radius 1 is 1.25 bits per heavy atom. The lowest BCUT2D eigenvalue weighted by Gasteiger charge is -2.27. The van der Waals surface area contributed by atoms with Gasteiger partial charge >= 0.3 is 0 Å². The molecule has 0 bridgehead atoms. The Labute approximate surface area is 160 Å². The van der Waals surface area contributed by atoms with E-state index in [1.165, 1.54) is 11.0 Å². The number of hydrogen-bond donors (Lipinski definition) is 1. The standard InChI is InChI=1S/C19H18N6O3/c1-13-9-18(26)21-16-7-2-3-8-17(16)25(13)19(27)11-28-15-6-4-5-14(10-15)24-12-20-22-23-24/h2-8,10,12-13H,9,11H2,1H3,(H,21,26). The second-order valence-corrected chi connectivity index (χ2v) is 6.42. The third-order valence-corrected chi connectivity index (χ3v) is 4.42. The number of tetrazole rings is 1. The molecule has 142 valence electrons. The van der Waals surface area contributed by atoms with Gasteiger partial charge in [0.25, 0.3) is 5.91 Å². The molecule has 1 unspecified atom stereocenters. The number of amides is 2. The van der Waals surface area contributed by atoms with E-state index in [1.54, 1.807) is 29.2 Å². The van der Waals surface area contributed by atoms with Crippen molar-refractivity contribution < 1.29 is 14.3 Å². The van der Waals surface area contributed by atoms with Crippen LogP contribution in [0.25, 0.3) is 5.69 Å². The van der Waals surface area contributed by atoms with E-state index in [2.05, 4.69) is 20.8 Å². The van der Waals surface area contributed by atoms with Gasteiger partial charge in [-0.15, -0.1) is 5.10 Å². The first-order chi connectivity index (χ1) is 13.6. The van der Waals surface area contributed by atoms with Gasteiger partial charge in [-0.05, 0) is 41.6 Å². The third-order valence-electron chi connectivity index (χ3n) is 4.42. The molecule has 1 aliphatic heterocycles. The Bertz CT molecular complexity index is 1000. The van der Waals surface area contributed by atoms with Crippen molar-refractivity contribution in [2.24, 2.45) is 0 Å². The van der Waals surface area contributed by atoms with Gasteiger partial charge in [0, 0.05) is 18.5 Å². The summed E-state index contributed by atoms with van der Waals surface area (Å²) in [6.07, 6.45) is 1.69. The van der Waals surface area contributed by atoms with Crippen LogP contribution < -0.4 is 15.0 Å². The number of nitrogens with zero attached hydrogens (tertiary/aromatic N) is 5. The van der Waals surface area contributed by atoms with E-state index in [0.29, 0.717) is 17.1 Å². The number of para-hydroxylation sites is 2. The first kappa shape index (κ1) is 17.7. The minimum absolute atomic E-state index is 0.120. The van der Waals surface area contributed by atoms with Crippen molar-refractivity contribution in [1.82, 2.24) is 20.2 Å². The maximum Gasteiger partial charge on any atom is 0.265 e. The molecule has 28 heavy (non-hydrogen) atoms. The summed E-state index contributed by atoms with van der Waals surface area (Å²) in [6, 6.07) is 14.1. The normalized spacial score (nSPS) is 16.1. The summed E-state index contributed by atoms with van der Waals surface area (Å²) in [7, 11) is 0. The number of carbonyl (C=O) groups excluding carboxylic acids is 2. The summed E-state index contributed by atoms with van der Waals surface area (Å²) in [6.45, 7) is 1.68. The van der Waals surface area contributed by atoms with Gasteiger partial charge in [-0.2, -0.15) is 0 Å². The monoisotopic (exact) mass is 378 g/mol. The summed E-state index contributed by atoms with van der Waals surface area (Å²) in [5.74, 6) is 0.167. The lowest BCUT2D eigenvalue weighted by Crippen LogP contribution is -2.41. The Kier molecular flexibility index (Phi) is 4.71. The van der Waals surface area contributed by atoms with Gasteiger partial charge in [0.1, 0.15) is 12.1 Å². The Balaban J connectivity index is 1.52. The molecule has 2 heterocycles. The zero-order chi connectivity index (χ0) is 19.5. The fraction of sp³-hybridized carbons (Fsp3) is 0.211. The Morgan fingerprint density at radius 2 is 2.11 bits per heavy atom. The van der Waals surface area contributed by atoms with Crippen molar-refractivity contribution >= 4 is 23.2 Å². The summed E-state index contributed by atoms with van der Waals surface area (Å²) in [4.78, 5) is 26.6. The molecular weight excluding hydrogens is 360 g/mol. The van der Waals surface area contributed by atoms with Gasteiger partial charge in [0.05, 0.1) is 17.1 Å². The molecule has 0 saturated heterocycles. The van der Waals surface area contributed by atoms with Crippen LogP contribution in [0.5, 0.6) is 5.75 Å². The molecule has 4 rings (SSSR count). The molecule has 1 N–H and O–H groups in total. The zero-order valence-corrected chi connectivity index (χ0v) is 15.1. The molecule has 0 spiro atoms. The van der Waals surface area contributed by atoms with Crippen LogP contribution in [0.15, 0.2) is 54.9 Å². The van der Waals surface area contributed by atoms with E-state index >= 15 is 0 Å². The molecule has 0 fully saturated rings. The van der Waals surface area contributed by atoms with Crippen LogP contribution in [0.1, 0.15) is 13.3 Å². The number of anilines is 2. The summed E-state index contributed by atoms with van der Waals surface area (Å²) >= 11 is 0. The summed E-state index contributed by atoms with van der Waals surface area (Å²) < 4.78 is 7.21. The summed E-state index contributed by atoms with van der Waals surface area (Å²) in [5, 5.41) is 13.9. The molecule has 1 aromatic heterocycles. The molecule has 9 nitrogen and oxygen atoms in total. The lowest BCUT2D eigenvalue weighted by atomic mass is 10.1. The first-order valence-corrected chi connectivity index (χ1v) is 8.79. The number of nitrogens with one attached hydrogen (secondary N) is 1. The molecular formula is C19H18N6O3. The van der Waals surface area contributed by atoms with Crippen molar-refractivity contribution in [2.45, 2.75) is 19.4 Å².